The number of piperidine rings is 1. The first-order chi connectivity index (χ1) is 15.0. The van der Waals surface area contributed by atoms with Crippen LogP contribution in [0.1, 0.15) is 35.6 Å². The molecule has 1 aliphatic heterocycles. The molecule has 0 spiro atoms. The third kappa shape index (κ3) is 6.96. The third-order valence-corrected chi connectivity index (χ3v) is 6.14. The summed E-state index contributed by atoms with van der Waals surface area (Å²) in [5.74, 6) is 1.34. The van der Waals surface area contributed by atoms with Crippen LogP contribution in [0.25, 0.3) is 0 Å². The molecule has 2 N–H and O–H groups in total. The van der Waals surface area contributed by atoms with Gasteiger partial charge in [0.05, 0.1) is 0 Å². The highest BCUT2D eigenvalue weighted by Gasteiger charge is 2.30. The van der Waals surface area contributed by atoms with E-state index in [0.29, 0.717) is 12.0 Å². The fourth-order valence-corrected chi connectivity index (χ4v) is 4.73. The molecular formula is C25H36ClN5. The number of benzene rings is 2. The molecule has 1 aliphatic rings. The molecule has 0 aromatic heterocycles. The number of aliphatic imine (C=N–C) groups is 1. The van der Waals surface area contributed by atoms with E-state index in [2.05, 4.69) is 89.0 Å². The number of nitrogens with zero attached hydrogens (tertiary/aromatic N) is 3. The molecule has 2 atom stereocenters. The predicted molar refractivity (Wildman–Crippen MR) is 132 cm³/mol. The fraction of sp³-hybridized carbons (Fsp3) is 0.480. The summed E-state index contributed by atoms with van der Waals surface area (Å²) in [6.07, 6.45) is 2.41. The van der Waals surface area contributed by atoms with Crippen LogP contribution < -0.4 is 10.6 Å². The van der Waals surface area contributed by atoms with Gasteiger partial charge in [-0.2, -0.15) is 0 Å². The summed E-state index contributed by atoms with van der Waals surface area (Å²) in [6, 6.07) is 17.4. The summed E-state index contributed by atoms with van der Waals surface area (Å²) < 4.78 is 0. The van der Waals surface area contributed by atoms with E-state index in [-0.39, 0.29) is 0 Å². The van der Waals surface area contributed by atoms with Gasteiger partial charge in [-0.25, -0.2) is 0 Å². The van der Waals surface area contributed by atoms with E-state index < -0.39 is 0 Å². The Hall–Kier alpha value is -2.08. The van der Waals surface area contributed by atoms with E-state index in [4.69, 9.17) is 11.6 Å². The number of guanidine groups is 1. The van der Waals surface area contributed by atoms with Gasteiger partial charge in [0, 0.05) is 37.7 Å². The summed E-state index contributed by atoms with van der Waals surface area (Å²) in [5, 5.41) is 7.84. The summed E-state index contributed by atoms with van der Waals surface area (Å²) in [4.78, 5) is 9.08. The lowest BCUT2D eigenvalue weighted by Crippen LogP contribution is -2.44. The first-order valence-corrected chi connectivity index (χ1v) is 11.5. The second-order valence-corrected chi connectivity index (χ2v) is 9.18. The SMILES string of the molecule is CN=C(NCc1cccc(CN(C)C)c1)NCC1CCCN(C)C1c1cccc(Cl)c1. The van der Waals surface area contributed by atoms with Crippen LogP contribution in [0.3, 0.4) is 0 Å². The Morgan fingerprint density at radius 1 is 1.13 bits per heavy atom. The van der Waals surface area contributed by atoms with Crippen LogP contribution in [-0.2, 0) is 13.1 Å². The lowest BCUT2D eigenvalue weighted by molar-refractivity contribution is 0.122. The van der Waals surface area contributed by atoms with Crippen LogP contribution in [0.2, 0.25) is 5.02 Å². The van der Waals surface area contributed by atoms with Crippen molar-refractivity contribution in [1.82, 2.24) is 20.4 Å². The van der Waals surface area contributed by atoms with Gasteiger partial charge in [0.15, 0.2) is 5.96 Å². The number of hydrogen-bond donors (Lipinski definition) is 2. The second kappa shape index (κ2) is 11.5. The molecule has 0 bridgehead atoms. The van der Waals surface area contributed by atoms with Crippen molar-refractivity contribution in [3.63, 3.8) is 0 Å². The highest BCUT2D eigenvalue weighted by molar-refractivity contribution is 6.30. The monoisotopic (exact) mass is 441 g/mol. The van der Waals surface area contributed by atoms with Gasteiger partial charge < -0.3 is 15.5 Å². The number of halogens is 1. The molecule has 1 heterocycles. The van der Waals surface area contributed by atoms with Gasteiger partial charge >= 0.3 is 0 Å². The smallest absolute Gasteiger partial charge is 0.191 e. The highest BCUT2D eigenvalue weighted by atomic mass is 35.5. The summed E-state index contributed by atoms with van der Waals surface area (Å²) in [6.45, 7) is 3.69. The first-order valence-electron chi connectivity index (χ1n) is 11.1. The average molecular weight is 442 g/mol. The highest BCUT2D eigenvalue weighted by Crippen LogP contribution is 2.35. The Bertz CT molecular complexity index is 866. The largest absolute Gasteiger partial charge is 0.356 e. The Morgan fingerprint density at radius 3 is 2.65 bits per heavy atom. The summed E-state index contributed by atoms with van der Waals surface area (Å²) >= 11 is 6.28. The topological polar surface area (TPSA) is 42.9 Å². The van der Waals surface area contributed by atoms with Gasteiger partial charge in [-0.3, -0.25) is 9.89 Å². The Morgan fingerprint density at radius 2 is 1.90 bits per heavy atom. The number of likely N-dealkylation sites (tertiary alicyclic amines) is 1. The van der Waals surface area contributed by atoms with Crippen molar-refractivity contribution >= 4 is 17.6 Å². The van der Waals surface area contributed by atoms with Crippen molar-refractivity contribution in [2.45, 2.75) is 32.0 Å². The molecule has 168 valence electrons. The standard InChI is InChI=1S/C25H36ClN5/c1-27-25(28-16-19-8-5-9-20(14-19)18-30(2)3)29-17-22-11-7-13-31(4)24(22)21-10-6-12-23(26)15-21/h5-6,8-10,12,14-15,22,24H,7,11,13,16-18H2,1-4H3,(H2,27,28,29). The van der Waals surface area contributed by atoms with Crippen molar-refractivity contribution in [1.29, 1.82) is 0 Å². The van der Waals surface area contributed by atoms with E-state index in [1.807, 2.05) is 13.1 Å². The van der Waals surface area contributed by atoms with Gasteiger partial charge in [0.1, 0.15) is 0 Å². The number of rotatable bonds is 7. The van der Waals surface area contributed by atoms with Gasteiger partial charge in [-0.1, -0.05) is 48.0 Å². The minimum Gasteiger partial charge on any atom is -0.356 e. The van der Waals surface area contributed by atoms with Crippen LogP contribution >= 0.6 is 11.6 Å². The molecule has 1 saturated heterocycles. The molecule has 1 fully saturated rings. The Kier molecular flexibility index (Phi) is 8.76. The maximum atomic E-state index is 6.28. The maximum Gasteiger partial charge on any atom is 0.191 e. The third-order valence-electron chi connectivity index (χ3n) is 5.90. The van der Waals surface area contributed by atoms with Crippen molar-refractivity contribution in [2.75, 3.05) is 41.3 Å². The molecule has 0 aliphatic carbocycles. The molecular weight excluding hydrogens is 406 g/mol. The molecule has 2 unspecified atom stereocenters. The van der Waals surface area contributed by atoms with Crippen molar-refractivity contribution < 1.29 is 0 Å². The van der Waals surface area contributed by atoms with E-state index >= 15 is 0 Å². The zero-order valence-corrected chi connectivity index (χ0v) is 20.0. The van der Waals surface area contributed by atoms with E-state index in [9.17, 15) is 0 Å². The lowest BCUT2D eigenvalue weighted by Gasteiger charge is -2.40. The predicted octanol–water partition coefficient (Wildman–Crippen LogP) is 4.15. The summed E-state index contributed by atoms with van der Waals surface area (Å²) in [7, 11) is 8.23. The van der Waals surface area contributed by atoms with Gasteiger partial charge in [0.2, 0.25) is 0 Å². The van der Waals surface area contributed by atoms with Crippen LogP contribution in [0.4, 0.5) is 0 Å². The van der Waals surface area contributed by atoms with Crippen molar-refractivity contribution in [3.05, 3.63) is 70.2 Å². The maximum absolute atomic E-state index is 6.28. The van der Waals surface area contributed by atoms with E-state index in [0.717, 1.165) is 37.2 Å². The minimum atomic E-state index is 0.362. The Balaban J connectivity index is 1.59. The van der Waals surface area contributed by atoms with Crippen LogP contribution in [0.5, 0.6) is 0 Å². The van der Waals surface area contributed by atoms with Gasteiger partial charge in [-0.15, -0.1) is 0 Å². The zero-order valence-electron chi connectivity index (χ0n) is 19.2. The van der Waals surface area contributed by atoms with Crippen molar-refractivity contribution in [2.24, 2.45) is 10.9 Å². The molecule has 0 saturated carbocycles. The lowest BCUT2D eigenvalue weighted by atomic mass is 9.85. The minimum absolute atomic E-state index is 0.362. The second-order valence-electron chi connectivity index (χ2n) is 8.75. The number of hydrogen-bond acceptors (Lipinski definition) is 3. The molecule has 31 heavy (non-hydrogen) atoms. The van der Waals surface area contributed by atoms with E-state index in [1.165, 1.54) is 29.5 Å². The molecule has 6 heteroatoms. The van der Waals surface area contributed by atoms with Crippen LogP contribution in [-0.4, -0.2) is 57.0 Å². The molecule has 2 aromatic carbocycles. The molecule has 0 amide bonds. The molecule has 3 rings (SSSR count). The normalized spacial score (nSPS) is 20.1. The molecule has 5 nitrogen and oxygen atoms in total. The molecule has 0 radical (unpaired) electrons. The molecule has 2 aromatic rings. The van der Waals surface area contributed by atoms with Gasteiger partial charge in [-0.05, 0) is 75.3 Å². The van der Waals surface area contributed by atoms with Gasteiger partial charge in [0.25, 0.3) is 0 Å². The quantitative estimate of drug-likeness (QED) is 0.500. The van der Waals surface area contributed by atoms with E-state index in [1.54, 1.807) is 0 Å². The fourth-order valence-electron chi connectivity index (χ4n) is 4.53. The van der Waals surface area contributed by atoms with Crippen LogP contribution in [0.15, 0.2) is 53.5 Å². The van der Waals surface area contributed by atoms with Crippen molar-refractivity contribution in [3.8, 4) is 0 Å². The van der Waals surface area contributed by atoms with Crippen LogP contribution in [0, 0.1) is 5.92 Å². The summed E-state index contributed by atoms with van der Waals surface area (Å²) in [5.41, 5.74) is 3.88. The zero-order chi connectivity index (χ0) is 22.2. The number of nitrogens with one attached hydrogen (secondary N) is 2. The first kappa shape index (κ1) is 23.6. The average Bonchev–Trinajstić information content (AvgIpc) is 2.73. The Labute approximate surface area is 192 Å².